The number of amides is 1. The molecule has 0 radical (unpaired) electrons. The third-order valence-electron chi connectivity index (χ3n) is 3.59. The van der Waals surface area contributed by atoms with E-state index in [4.69, 9.17) is 0 Å². The summed E-state index contributed by atoms with van der Waals surface area (Å²) in [4.78, 5) is 16.4. The maximum absolute atomic E-state index is 12.4. The Hall–Kier alpha value is -2.36. The zero-order chi connectivity index (χ0) is 13.8. The molecular formula is C16H17N3O. The van der Waals surface area contributed by atoms with Gasteiger partial charge in [0.05, 0.1) is 5.92 Å². The number of carbonyl (C=O) groups is 1. The molecule has 1 unspecified atom stereocenters. The van der Waals surface area contributed by atoms with Crippen molar-refractivity contribution >= 4 is 11.6 Å². The normalized spacial score (nSPS) is 16.9. The maximum atomic E-state index is 12.4. The fraction of sp³-hybridized carbons (Fsp3) is 0.250. The minimum absolute atomic E-state index is 0.0656. The molecule has 2 N–H and O–H groups in total. The summed E-state index contributed by atoms with van der Waals surface area (Å²) in [5, 5.41) is 6.33. The molecule has 0 bridgehead atoms. The Bertz CT molecular complexity index is 598. The molecule has 1 atom stereocenters. The SMILES string of the molecule is O=C(NCc1cccnc1)C1CCNc2ccccc21. The Labute approximate surface area is 118 Å². The predicted molar refractivity (Wildman–Crippen MR) is 78.4 cm³/mol. The summed E-state index contributed by atoms with van der Waals surface area (Å²) in [6.07, 6.45) is 4.33. The van der Waals surface area contributed by atoms with Gasteiger partial charge in [-0.25, -0.2) is 0 Å². The lowest BCUT2D eigenvalue weighted by molar-refractivity contribution is -0.122. The maximum Gasteiger partial charge on any atom is 0.227 e. The van der Waals surface area contributed by atoms with E-state index < -0.39 is 0 Å². The van der Waals surface area contributed by atoms with Gasteiger partial charge in [-0.05, 0) is 29.7 Å². The molecule has 0 saturated heterocycles. The third kappa shape index (κ3) is 2.64. The Morgan fingerprint density at radius 1 is 1.30 bits per heavy atom. The summed E-state index contributed by atoms with van der Waals surface area (Å²) in [5.74, 6) is 0.0203. The molecule has 4 heteroatoms. The summed E-state index contributed by atoms with van der Waals surface area (Å²) in [6, 6.07) is 11.9. The lowest BCUT2D eigenvalue weighted by atomic mass is 9.90. The summed E-state index contributed by atoms with van der Waals surface area (Å²) in [5.41, 5.74) is 3.17. The summed E-state index contributed by atoms with van der Waals surface area (Å²) < 4.78 is 0. The largest absolute Gasteiger partial charge is 0.385 e. The lowest BCUT2D eigenvalue weighted by Crippen LogP contribution is -2.32. The van der Waals surface area contributed by atoms with Crippen molar-refractivity contribution in [2.24, 2.45) is 0 Å². The summed E-state index contributed by atoms with van der Waals surface area (Å²) in [7, 11) is 0. The number of carbonyl (C=O) groups excluding carboxylic acids is 1. The second-order valence-corrected chi connectivity index (χ2v) is 4.93. The summed E-state index contributed by atoms with van der Waals surface area (Å²) >= 11 is 0. The van der Waals surface area contributed by atoms with E-state index in [2.05, 4.69) is 15.6 Å². The van der Waals surface area contributed by atoms with Crippen LogP contribution < -0.4 is 10.6 Å². The molecule has 1 aliphatic rings. The van der Waals surface area contributed by atoms with Crippen molar-refractivity contribution < 1.29 is 4.79 Å². The van der Waals surface area contributed by atoms with Crippen molar-refractivity contribution in [1.82, 2.24) is 10.3 Å². The molecule has 4 nitrogen and oxygen atoms in total. The minimum Gasteiger partial charge on any atom is -0.385 e. The number of nitrogens with one attached hydrogen (secondary N) is 2. The fourth-order valence-electron chi connectivity index (χ4n) is 2.56. The number of rotatable bonds is 3. The molecule has 3 rings (SSSR count). The number of fused-ring (bicyclic) bond motifs is 1. The fourth-order valence-corrected chi connectivity index (χ4v) is 2.56. The molecule has 0 aliphatic carbocycles. The highest BCUT2D eigenvalue weighted by Gasteiger charge is 2.25. The van der Waals surface area contributed by atoms with Gasteiger partial charge in [-0.1, -0.05) is 24.3 Å². The average Bonchev–Trinajstić information content (AvgIpc) is 2.53. The number of hydrogen-bond donors (Lipinski definition) is 2. The standard InChI is InChI=1S/C16H17N3O/c20-16(19-11-12-4-3-8-17-10-12)14-7-9-18-15-6-2-1-5-13(14)15/h1-6,8,10,14,18H,7,9,11H2,(H,19,20). The van der Waals surface area contributed by atoms with Gasteiger partial charge in [0.15, 0.2) is 0 Å². The first kappa shape index (κ1) is 12.7. The highest BCUT2D eigenvalue weighted by Crippen LogP contribution is 2.31. The molecule has 0 fully saturated rings. The van der Waals surface area contributed by atoms with Gasteiger partial charge in [-0.2, -0.15) is 0 Å². The zero-order valence-electron chi connectivity index (χ0n) is 11.2. The van der Waals surface area contributed by atoms with Crippen LogP contribution in [0.25, 0.3) is 0 Å². The number of pyridine rings is 1. The van der Waals surface area contributed by atoms with Crippen LogP contribution in [0.4, 0.5) is 5.69 Å². The Balaban J connectivity index is 1.69. The van der Waals surface area contributed by atoms with Crippen LogP contribution in [0.2, 0.25) is 0 Å². The molecule has 0 spiro atoms. The monoisotopic (exact) mass is 267 g/mol. The van der Waals surface area contributed by atoms with E-state index in [1.54, 1.807) is 12.4 Å². The molecule has 1 aliphatic heterocycles. The van der Waals surface area contributed by atoms with E-state index in [0.717, 1.165) is 29.8 Å². The van der Waals surface area contributed by atoms with Crippen LogP contribution >= 0.6 is 0 Å². The number of nitrogens with zero attached hydrogens (tertiary/aromatic N) is 1. The first-order chi connectivity index (χ1) is 9.84. The molecule has 1 aromatic carbocycles. The van der Waals surface area contributed by atoms with Crippen molar-refractivity contribution in [2.75, 3.05) is 11.9 Å². The first-order valence-electron chi connectivity index (χ1n) is 6.84. The van der Waals surface area contributed by atoms with Crippen LogP contribution in [0.1, 0.15) is 23.5 Å². The van der Waals surface area contributed by atoms with Gasteiger partial charge < -0.3 is 10.6 Å². The number of hydrogen-bond acceptors (Lipinski definition) is 3. The third-order valence-corrected chi connectivity index (χ3v) is 3.59. The quantitative estimate of drug-likeness (QED) is 0.897. The second kappa shape index (κ2) is 5.74. The lowest BCUT2D eigenvalue weighted by Gasteiger charge is -2.25. The van der Waals surface area contributed by atoms with E-state index >= 15 is 0 Å². The first-order valence-corrected chi connectivity index (χ1v) is 6.84. The molecule has 20 heavy (non-hydrogen) atoms. The van der Waals surface area contributed by atoms with Crippen LogP contribution in [-0.4, -0.2) is 17.4 Å². The molecule has 1 aromatic heterocycles. The van der Waals surface area contributed by atoms with Crippen LogP contribution in [0.3, 0.4) is 0 Å². The predicted octanol–water partition coefficient (Wildman–Crippen LogP) is 2.30. The van der Waals surface area contributed by atoms with Crippen LogP contribution in [0, 0.1) is 0 Å². The molecule has 2 aromatic rings. The van der Waals surface area contributed by atoms with Crippen LogP contribution in [0.5, 0.6) is 0 Å². The van der Waals surface area contributed by atoms with Crippen LogP contribution in [-0.2, 0) is 11.3 Å². The Morgan fingerprint density at radius 2 is 2.20 bits per heavy atom. The average molecular weight is 267 g/mol. The number of aromatic nitrogens is 1. The smallest absolute Gasteiger partial charge is 0.227 e. The van der Waals surface area contributed by atoms with Gasteiger partial charge in [0.25, 0.3) is 0 Å². The molecule has 2 heterocycles. The Kier molecular flexibility index (Phi) is 3.63. The number of para-hydroxylation sites is 1. The molecular weight excluding hydrogens is 250 g/mol. The number of benzene rings is 1. The van der Waals surface area contributed by atoms with Gasteiger partial charge in [-0.15, -0.1) is 0 Å². The zero-order valence-corrected chi connectivity index (χ0v) is 11.2. The molecule has 0 saturated carbocycles. The van der Waals surface area contributed by atoms with Gasteiger partial charge in [0.1, 0.15) is 0 Å². The van der Waals surface area contributed by atoms with Crippen molar-refractivity contribution in [2.45, 2.75) is 18.9 Å². The highest BCUT2D eigenvalue weighted by molar-refractivity contribution is 5.86. The van der Waals surface area contributed by atoms with Crippen molar-refractivity contribution in [3.8, 4) is 0 Å². The minimum atomic E-state index is -0.0656. The van der Waals surface area contributed by atoms with Gasteiger partial charge in [0.2, 0.25) is 5.91 Å². The second-order valence-electron chi connectivity index (χ2n) is 4.93. The van der Waals surface area contributed by atoms with Crippen molar-refractivity contribution in [1.29, 1.82) is 0 Å². The van der Waals surface area contributed by atoms with E-state index in [1.165, 1.54) is 0 Å². The highest BCUT2D eigenvalue weighted by atomic mass is 16.1. The van der Waals surface area contributed by atoms with Crippen molar-refractivity contribution in [3.63, 3.8) is 0 Å². The van der Waals surface area contributed by atoms with E-state index in [-0.39, 0.29) is 11.8 Å². The number of anilines is 1. The van der Waals surface area contributed by atoms with E-state index in [1.807, 2.05) is 36.4 Å². The van der Waals surface area contributed by atoms with E-state index in [9.17, 15) is 4.79 Å². The van der Waals surface area contributed by atoms with Gasteiger partial charge in [0, 0.05) is 31.2 Å². The van der Waals surface area contributed by atoms with Crippen LogP contribution in [0.15, 0.2) is 48.8 Å². The topological polar surface area (TPSA) is 54.0 Å². The van der Waals surface area contributed by atoms with Crippen molar-refractivity contribution in [3.05, 3.63) is 59.9 Å². The summed E-state index contributed by atoms with van der Waals surface area (Å²) in [6.45, 7) is 1.36. The van der Waals surface area contributed by atoms with Gasteiger partial charge >= 0.3 is 0 Å². The molecule has 102 valence electrons. The van der Waals surface area contributed by atoms with E-state index in [0.29, 0.717) is 6.54 Å². The molecule has 1 amide bonds. The Morgan fingerprint density at radius 3 is 3.05 bits per heavy atom. The van der Waals surface area contributed by atoms with Gasteiger partial charge in [-0.3, -0.25) is 9.78 Å².